The summed E-state index contributed by atoms with van der Waals surface area (Å²) in [4.78, 5) is 10.8. The average molecular weight is 248 g/mol. The third-order valence-electron chi connectivity index (χ3n) is 2.12. The molecule has 1 rings (SSSR count). The third-order valence-corrected chi connectivity index (χ3v) is 2.70. The molecule has 0 bridgehead atoms. The molecule has 82 valence electrons. The van der Waals surface area contributed by atoms with E-state index in [4.69, 9.17) is 34.0 Å². The normalized spacial score (nSPS) is 12.5. The van der Waals surface area contributed by atoms with E-state index in [1.807, 2.05) is 0 Å². The lowest BCUT2D eigenvalue weighted by Crippen LogP contribution is -2.25. The van der Waals surface area contributed by atoms with Crippen molar-refractivity contribution in [1.82, 2.24) is 0 Å². The largest absolute Gasteiger partial charge is 0.481 e. The second-order valence-electron chi connectivity index (χ2n) is 3.21. The lowest BCUT2D eigenvalue weighted by Gasteiger charge is -2.10. The highest BCUT2D eigenvalue weighted by Crippen LogP contribution is 2.23. The molecule has 3 N–H and O–H groups in total. The molecule has 0 aromatic heterocycles. The molecule has 15 heavy (non-hydrogen) atoms. The summed E-state index contributed by atoms with van der Waals surface area (Å²) < 4.78 is 0. The highest BCUT2D eigenvalue weighted by molar-refractivity contribution is 6.35. The molecule has 5 heteroatoms. The Morgan fingerprint density at radius 2 is 2.13 bits per heavy atom. The van der Waals surface area contributed by atoms with Crippen molar-refractivity contribution in [2.75, 3.05) is 6.54 Å². The summed E-state index contributed by atoms with van der Waals surface area (Å²) in [5.41, 5.74) is 6.10. The first-order valence-electron chi connectivity index (χ1n) is 4.41. The summed E-state index contributed by atoms with van der Waals surface area (Å²) in [7, 11) is 0. The first kappa shape index (κ1) is 12.3. The van der Waals surface area contributed by atoms with Gasteiger partial charge in [-0.15, -0.1) is 0 Å². The van der Waals surface area contributed by atoms with Crippen molar-refractivity contribution in [2.24, 2.45) is 11.7 Å². The monoisotopic (exact) mass is 247 g/mol. The molecule has 0 fully saturated rings. The molecular formula is C10H11Cl2NO2. The number of carboxylic acid groups (broad SMARTS) is 1. The summed E-state index contributed by atoms with van der Waals surface area (Å²) in [6, 6.07) is 4.99. The van der Waals surface area contributed by atoms with Crippen molar-refractivity contribution in [3.8, 4) is 0 Å². The fourth-order valence-corrected chi connectivity index (χ4v) is 1.71. The maximum atomic E-state index is 10.8. The minimum Gasteiger partial charge on any atom is -0.481 e. The first-order chi connectivity index (χ1) is 7.04. The van der Waals surface area contributed by atoms with Crippen LogP contribution in [0.3, 0.4) is 0 Å². The third kappa shape index (κ3) is 3.38. The van der Waals surface area contributed by atoms with E-state index in [0.29, 0.717) is 16.5 Å². The maximum absolute atomic E-state index is 10.8. The Bertz CT molecular complexity index is 368. The standard InChI is InChI=1S/C10H11Cl2NO2/c11-8-2-1-6(9(12)4-8)3-7(5-13)10(14)15/h1-2,4,7H,3,5,13H2,(H,14,15)/t7-/m1/s1. The van der Waals surface area contributed by atoms with Crippen LogP contribution in [0.2, 0.25) is 10.0 Å². The van der Waals surface area contributed by atoms with Crippen LogP contribution in [0.1, 0.15) is 5.56 Å². The Morgan fingerprint density at radius 3 is 2.60 bits per heavy atom. The first-order valence-corrected chi connectivity index (χ1v) is 5.17. The van der Waals surface area contributed by atoms with Crippen LogP contribution in [0.5, 0.6) is 0 Å². The van der Waals surface area contributed by atoms with E-state index in [2.05, 4.69) is 0 Å². The van der Waals surface area contributed by atoms with Crippen molar-refractivity contribution < 1.29 is 9.90 Å². The lowest BCUT2D eigenvalue weighted by molar-refractivity contribution is -0.141. The van der Waals surface area contributed by atoms with Gasteiger partial charge in [0.15, 0.2) is 0 Å². The van der Waals surface area contributed by atoms with Crippen molar-refractivity contribution in [2.45, 2.75) is 6.42 Å². The van der Waals surface area contributed by atoms with E-state index in [1.165, 1.54) is 0 Å². The lowest BCUT2D eigenvalue weighted by atomic mass is 10.00. The quantitative estimate of drug-likeness (QED) is 0.858. The predicted molar refractivity (Wildman–Crippen MR) is 60.3 cm³/mol. The van der Waals surface area contributed by atoms with Gasteiger partial charge in [-0.2, -0.15) is 0 Å². The van der Waals surface area contributed by atoms with Gasteiger partial charge in [-0.25, -0.2) is 0 Å². The van der Waals surface area contributed by atoms with E-state index in [-0.39, 0.29) is 6.54 Å². The summed E-state index contributed by atoms with van der Waals surface area (Å²) in [6.07, 6.45) is 0.321. The van der Waals surface area contributed by atoms with Crippen LogP contribution in [0.25, 0.3) is 0 Å². The molecule has 0 aliphatic rings. The number of nitrogens with two attached hydrogens (primary N) is 1. The molecule has 0 amide bonds. The topological polar surface area (TPSA) is 63.3 Å². The number of rotatable bonds is 4. The second kappa shape index (κ2) is 5.35. The minimum absolute atomic E-state index is 0.0916. The Hall–Kier alpha value is -0.770. The van der Waals surface area contributed by atoms with Crippen LogP contribution in [0.15, 0.2) is 18.2 Å². The van der Waals surface area contributed by atoms with E-state index < -0.39 is 11.9 Å². The maximum Gasteiger partial charge on any atom is 0.308 e. The Labute approximate surface area is 97.8 Å². The van der Waals surface area contributed by atoms with Gasteiger partial charge in [0.25, 0.3) is 0 Å². The van der Waals surface area contributed by atoms with Crippen LogP contribution < -0.4 is 5.73 Å². The van der Waals surface area contributed by atoms with Gasteiger partial charge < -0.3 is 10.8 Å². The minimum atomic E-state index is -0.913. The molecule has 0 radical (unpaired) electrons. The molecule has 1 aromatic carbocycles. The van der Waals surface area contributed by atoms with E-state index >= 15 is 0 Å². The van der Waals surface area contributed by atoms with Crippen LogP contribution in [0, 0.1) is 5.92 Å². The highest BCUT2D eigenvalue weighted by Gasteiger charge is 2.17. The SMILES string of the molecule is NC[C@@H](Cc1ccc(Cl)cc1Cl)C(=O)O. The molecule has 0 unspecified atom stereocenters. The fraction of sp³-hybridized carbons (Fsp3) is 0.300. The van der Waals surface area contributed by atoms with E-state index in [1.54, 1.807) is 18.2 Å². The molecular weight excluding hydrogens is 237 g/mol. The average Bonchev–Trinajstić information content (AvgIpc) is 2.16. The number of hydrogen-bond acceptors (Lipinski definition) is 2. The zero-order valence-corrected chi connectivity index (χ0v) is 9.42. The fourth-order valence-electron chi connectivity index (χ4n) is 1.22. The molecule has 0 saturated carbocycles. The number of carboxylic acids is 1. The van der Waals surface area contributed by atoms with Crippen LogP contribution in [-0.4, -0.2) is 17.6 Å². The summed E-state index contributed by atoms with van der Waals surface area (Å²) in [6.45, 7) is 0.0916. The number of halogens is 2. The van der Waals surface area contributed by atoms with Gasteiger partial charge in [0, 0.05) is 16.6 Å². The summed E-state index contributed by atoms with van der Waals surface area (Å²) in [5.74, 6) is -1.52. The van der Waals surface area contributed by atoms with Crippen molar-refractivity contribution in [1.29, 1.82) is 0 Å². The molecule has 0 spiro atoms. The Balaban J connectivity index is 2.84. The van der Waals surface area contributed by atoms with Crippen LogP contribution >= 0.6 is 23.2 Å². The van der Waals surface area contributed by atoms with Gasteiger partial charge in [0.05, 0.1) is 5.92 Å². The Kier molecular flexibility index (Phi) is 4.39. The van der Waals surface area contributed by atoms with E-state index in [9.17, 15) is 4.79 Å². The molecule has 0 saturated heterocycles. The van der Waals surface area contributed by atoms with Crippen molar-refractivity contribution in [3.05, 3.63) is 33.8 Å². The zero-order valence-electron chi connectivity index (χ0n) is 7.91. The number of benzene rings is 1. The molecule has 1 aromatic rings. The summed E-state index contributed by atoms with van der Waals surface area (Å²) in [5, 5.41) is 9.84. The Morgan fingerprint density at radius 1 is 1.47 bits per heavy atom. The predicted octanol–water partition coefficient (Wildman–Crippen LogP) is 2.20. The molecule has 3 nitrogen and oxygen atoms in total. The second-order valence-corrected chi connectivity index (χ2v) is 4.05. The summed E-state index contributed by atoms with van der Waals surface area (Å²) >= 11 is 11.6. The number of aliphatic carboxylic acids is 1. The van der Waals surface area contributed by atoms with E-state index in [0.717, 1.165) is 5.56 Å². The molecule has 0 aliphatic carbocycles. The van der Waals surface area contributed by atoms with Gasteiger partial charge in [-0.3, -0.25) is 4.79 Å². The van der Waals surface area contributed by atoms with Gasteiger partial charge in [0.1, 0.15) is 0 Å². The highest BCUT2D eigenvalue weighted by atomic mass is 35.5. The molecule has 0 heterocycles. The molecule has 0 aliphatic heterocycles. The van der Waals surface area contributed by atoms with Crippen molar-refractivity contribution in [3.63, 3.8) is 0 Å². The molecule has 1 atom stereocenters. The van der Waals surface area contributed by atoms with Gasteiger partial charge in [-0.1, -0.05) is 29.3 Å². The van der Waals surface area contributed by atoms with Gasteiger partial charge in [-0.05, 0) is 24.1 Å². The number of carbonyl (C=O) groups is 1. The van der Waals surface area contributed by atoms with Gasteiger partial charge in [0.2, 0.25) is 0 Å². The van der Waals surface area contributed by atoms with Gasteiger partial charge >= 0.3 is 5.97 Å². The van der Waals surface area contributed by atoms with Crippen LogP contribution in [-0.2, 0) is 11.2 Å². The number of hydrogen-bond donors (Lipinski definition) is 2. The zero-order chi connectivity index (χ0) is 11.4. The van der Waals surface area contributed by atoms with Crippen LogP contribution in [0.4, 0.5) is 0 Å². The van der Waals surface area contributed by atoms with Crippen molar-refractivity contribution >= 4 is 29.2 Å². The smallest absolute Gasteiger partial charge is 0.308 e.